The Bertz CT molecular complexity index is 603. The van der Waals surface area contributed by atoms with Crippen LogP contribution < -0.4 is 4.74 Å². The summed E-state index contributed by atoms with van der Waals surface area (Å²) in [5, 5.41) is 9.08. The fourth-order valence-electron chi connectivity index (χ4n) is 1.89. The first-order valence-corrected chi connectivity index (χ1v) is 6.10. The standard InChI is InChI=1S/C16H16O3/c1-11-6-5-7-13(12(11)2)10-19-15-9-4-3-8-14(15)16(17)18/h3-9H,10H2,1-2H3,(H,17,18). The number of carbonyl (C=O) groups is 1. The van der Waals surface area contributed by atoms with Crippen LogP contribution in [0.25, 0.3) is 0 Å². The number of rotatable bonds is 4. The molecule has 0 unspecified atom stereocenters. The number of aryl methyl sites for hydroxylation is 1. The maximum Gasteiger partial charge on any atom is 0.339 e. The minimum absolute atomic E-state index is 0.188. The first-order valence-electron chi connectivity index (χ1n) is 6.10. The lowest BCUT2D eigenvalue weighted by Crippen LogP contribution is -2.04. The van der Waals surface area contributed by atoms with Crippen molar-refractivity contribution in [3.05, 3.63) is 64.7 Å². The molecule has 0 aliphatic heterocycles. The number of carboxylic acid groups (broad SMARTS) is 1. The van der Waals surface area contributed by atoms with Gasteiger partial charge >= 0.3 is 5.97 Å². The molecule has 3 heteroatoms. The highest BCUT2D eigenvalue weighted by Gasteiger charge is 2.10. The molecule has 0 aromatic heterocycles. The smallest absolute Gasteiger partial charge is 0.339 e. The second-order valence-corrected chi connectivity index (χ2v) is 4.45. The first-order chi connectivity index (χ1) is 9.09. The summed E-state index contributed by atoms with van der Waals surface area (Å²) in [7, 11) is 0. The Balaban J connectivity index is 2.19. The summed E-state index contributed by atoms with van der Waals surface area (Å²) in [5.74, 6) is -0.576. The average Bonchev–Trinajstić information content (AvgIpc) is 2.40. The molecular weight excluding hydrogens is 240 g/mol. The molecule has 0 radical (unpaired) electrons. The second kappa shape index (κ2) is 5.57. The van der Waals surface area contributed by atoms with Crippen molar-refractivity contribution in [1.29, 1.82) is 0 Å². The van der Waals surface area contributed by atoms with Gasteiger partial charge in [-0.2, -0.15) is 0 Å². The Labute approximate surface area is 112 Å². The lowest BCUT2D eigenvalue weighted by Gasteiger charge is -2.12. The van der Waals surface area contributed by atoms with E-state index in [1.165, 1.54) is 11.1 Å². The van der Waals surface area contributed by atoms with Gasteiger partial charge in [-0.1, -0.05) is 30.3 Å². The van der Waals surface area contributed by atoms with E-state index in [-0.39, 0.29) is 5.56 Å². The van der Waals surface area contributed by atoms with Gasteiger partial charge in [0.25, 0.3) is 0 Å². The minimum Gasteiger partial charge on any atom is -0.488 e. The van der Waals surface area contributed by atoms with E-state index in [0.29, 0.717) is 12.4 Å². The summed E-state index contributed by atoms with van der Waals surface area (Å²) in [4.78, 5) is 11.1. The largest absolute Gasteiger partial charge is 0.488 e. The molecule has 0 saturated heterocycles. The highest BCUT2D eigenvalue weighted by Crippen LogP contribution is 2.21. The molecule has 98 valence electrons. The highest BCUT2D eigenvalue weighted by molar-refractivity contribution is 5.90. The van der Waals surface area contributed by atoms with Gasteiger partial charge in [0, 0.05) is 0 Å². The molecule has 2 rings (SSSR count). The van der Waals surface area contributed by atoms with Crippen LogP contribution in [0.2, 0.25) is 0 Å². The van der Waals surface area contributed by atoms with Crippen molar-refractivity contribution in [1.82, 2.24) is 0 Å². The molecule has 0 bridgehead atoms. The van der Waals surface area contributed by atoms with Crippen LogP contribution in [-0.2, 0) is 6.61 Å². The topological polar surface area (TPSA) is 46.5 Å². The van der Waals surface area contributed by atoms with Crippen molar-refractivity contribution in [3.63, 3.8) is 0 Å². The predicted molar refractivity (Wildman–Crippen MR) is 73.6 cm³/mol. The van der Waals surface area contributed by atoms with Crippen LogP contribution in [0.15, 0.2) is 42.5 Å². The minimum atomic E-state index is -0.975. The van der Waals surface area contributed by atoms with E-state index in [1.807, 2.05) is 32.0 Å². The van der Waals surface area contributed by atoms with Gasteiger partial charge in [0.1, 0.15) is 17.9 Å². The van der Waals surface area contributed by atoms with Crippen molar-refractivity contribution in [3.8, 4) is 5.75 Å². The van der Waals surface area contributed by atoms with E-state index in [0.717, 1.165) is 5.56 Å². The van der Waals surface area contributed by atoms with Crippen LogP contribution in [0, 0.1) is 13.8 Å². The summed E-state index contributed by atoms with van der Waals surface area (Å²) in [6, 6.07) is 12.7. The van der Waals surface area contributed by atoms with Crippen LogP contribution in [0.4, 0.5) is 0 Å². The molecule has 0 fully saturated rings. The Morgan fingerprint density at radius 2 is 1.84 bits per heavy atom. The van der Waals surface area contributed by atoms with Crippen molar-refractivity contribution in [2.45, 2.75) is 20.5 Å². The maximum absolute atomic E-state index is 11.1. The second-order valence-electron chi connectivity index (χ2n) is 4.45. The SMILES string of the molecule is Cc1cccc(COc2ccccc2C(=O)O)c1C. The van der Waals surface area contributed by atoms with Crippen LogP contribution in [-0.4, -0.2) is 11.1 Å². The Kier molecular flexibility index (Phi) is 3.85. The maximum atomic E-state index is 11.1. The van der Waals surface area contributed by atoms with Gasteiger partial charge in [-0.05, 0) is 42.7 Å². The number of ether oxygens (including phenoxy) is 1. The molecule has 2 aromatic carbocycles. The molecule has 0 saturated carbocycles. The third-order valence-electron chi connectivity index (χ3n) is 3.22. The number of carboxylic acids is 1. The molecule has 3 nitrogen and oxygen atoms in total. The third-order valence-corrected chi connectivity index (χ3v) is 3.22. The van der Waals surface area contributed by atoms with Gasteiger partial charge in [0.05, 0.1) is 0 Å². The quantitative estimate of drug-likeness (QED) is 0.909. The normalized spacial score (nSPS) is 10.2. The number of para-hydroxylation sites is 1. The monoisotopic (exact) mass is 256 g/mol. The first kappa shape index (κ1) is 13.1. The van der Waals surface area contributed by atoms with Gasteiger partial charge < -0.3 is 9.84 Å². The molecular formula is C16H16O3. The fraction of sp³-hybridized carbons (Fsp3) is 0.188. The van der Waals surface area contributed by atoms with Gasteiger partial charge in [-0.15, -0.1) is 0 Å². The summed E-state index contributed by atoms with van der Waals surface area (Å²) in [6.45, 7) is 4.46. The fourth-order valence-corrected chi connectivity index (χ4v) is 1.89. The Morgan fingerprint density at radius 1 is 1.11 bits per heavy atom. The molecule has 0 aliphatic rings. The zero-order valence-corrected chi connectivity index (χ0v) is 11.0. The number of hydrogen-bond donors (Lipinski definition) is 1. The van der Waals surface area contributed by atoms with Gasteiger partial charge in [-0.3, -0.25) is 0 Å². The molecule has 1 N–H and O–H groups in total. The molecule has 19 heavy (non-hydrogen) atoms. The number of aromatic carboxylic acids is 1. The zero-order chi connectivity index (χ0) is 13.8. The Hall–Kier alpha value is -2.29. The highest BCUT2D eigenvalue weighted by atomic mass is 16.5. The lowest BCUT2D eigenvalue weighted by molar-refractivity contribution is 0.0692. The molecule has 0 amide bonds. The van der Waals surface area contributed by atoms with E-state index >= 15 is 0 Å². The zero-order valence-electron chi connectivity index (χ0n) is 11.0. The third kappa shape index (κ3) is 2.94. The van der Waals surface area contributed by atoms with Crippen molar-refractivity contribution in [2.75, 3.05) is 0 Å². The van der Waals surface area contributed by atoms with Crippen LogP contribution >= 0.6 is 0 Å². The van der Waals surface area contributed by atoms with E-state index in [2.05, 4.69) is 0 Å². The van der Waals surface area contributed by atoms with E-state index in [1.54, 1.807) is 24.3 Å². The van der Waals surface area contributed by atoms with Crippen LogP contribution in [0.5, 0.6) is 5.75 Å². The van der Waals surface area contributed by atoms with Crippen molar-refractivity contribution >= 4 is 5.97 Å². The van der Waals surface area contributed by atoms with Gasteiger partial charge in [0.2, 0.25) is 0 Å². The molecule has 0 atom stereocenters. The number of hydrogen-bond acceptors (Lipinski definition) is 2. The van der Waals surface area contributed by atoms with Gasteiger partial charge in [-0.25, -0.2) is 4.79 Å². The summed E-state index contributed by atoms with van der Waals surface area (Å²) >= 11 is 0. The van der Waals surface area contributed by atoms with E-state index in [9.17, 15) is 4.79 Å². The molecule has 0 heterocycles. The molecule has 0 aliphatic carbocycles. The number of benzene rings is 2. The van der Waals surface area contributed by atoms with Crippen molar-refractivity contribution in [2.24, 2.45) is 0 Å². The summed E-state index contributed by atoms with van der Waals surface area (Å²) in [6.07, 6.45) is 0. The van der Waals surface area contributed by atoms with Crippen molar-refractivity contribution < 1.29 is 14.6 Å². The average molecular weight is 256 g/mol. The molecule has 2 aromatic rings. The summed E-state index contributed by atoms with van der Waals surface area (Å²) in [5.41, 5.74) is 3.64. The van der Waals surface area contributed by atoms with Crippen LogP contribution in [0.1, 0.15) is 27.0 Å². The molecule has 0 spiro atoms. The Morgan fingerprint density at radius 3 is 2.58 bits per heavy atom. The van der Waals surface area contributed by atoms with Gasteiger partial charge in [0.15, 0.2) is 0 Å². The van der Waals surface area contributed by atoms with E-state index in [4.69, 9.17) is 9.84 Å². The van der Waals surface area contributed by atoms with E-state index < -0.39 is 5.97 Å². The lowest BCUT2D eigenvalue weighted by atomic mass is 10.0. The van der Waals surface area contributed by atoms with Crippen LogP contribution in [0.3, 0.4) is 0 Å². The predicted octanol–water partition coefficient (Wildman–Crippen LogP) is 3.58. The summed E-state index contributed by atoms with van der Waals surface area (Å²) < 4.78 is 5.64.